The minimum absolute atomic E-state index is 0.252. The van der Waals surface area contributed by atoms with Gasteiger partial charge >= 0.3 is 6.03 Å². The van der Waals surface area contributed by atoms with Gasteiger partial charge in [-0.05, 0) is 24.3 Å². The number of amides is 2. The summed E-state index contributed by atoms with van der Waals surface area (Å²) in [4.78, 5) is 16.7. The molecule has 2 amide bonds. The van der Waals surface area contributed by atoms with Crippen LogP contribution in [0.3, 0.4) is 0 Å². The van der Waals surface area contributed by atoms with Gasteiger partial charge in [0, 0.05) is 24.4 Å². The Balaban J connectivity index is 1.44. The summed E-state index contributed by atoms with van der Waals surface area (Å²) < 4.78 is 5.45. The van der Waals surface area contributed by atoms with E-state index in [1.807, 2.05) is 30.3 Å². The number of nitriles is 1. The average Bonchev–Trinajstić information content (AvgIpc) is 3.11. The molecule has 1 aliphatic heterocycles. The van der Waals surface area contributed by atoms with Crippen molar-refractivity contribution in [3.8, 4) is 17.6 Å². The van der Waals surface area contributed by atoms with Crippen LogP contribution in [0.2, 0.25) is 5.02 Å². The summed E-state index contributed by atoms with van der Waals surface area (Å²) in [6, 6.07) is 17.2. The van der Waals surface area contributed by atoms with Crippen LogP contribution >= 0.6 is 11.6 Å². The van der Waals surface area contributed by atoms with Crippen molar-refractivity contribution < 1.29 is 9.53 Å². The molecule has 148 valence electrons. The lowest BCUT2D eigenvalue weighted by Gasteiger charge is -2.22. The molecule has 1 aromatic heterocycles. The van der Waals surface area contributed by atoms with Gasteiger partial charge in [-0.2, -0.15) is 5.26 Å². The molecule has 1 aliphatic rings. The molecule has 8 nitrogen and oxygen atoms in total. The number of hydrazine groups is 1. The molecule has 1 unspecified atom stereocenters. The van der Waals surface area contributed by atoms with Gasteiger partial charge in [0.25, 0.3) is 0 Å². The molecule has 0 spiro atoms. The van der Waals surface area contributed by atoms with Crippen molar-refractivity contribution in [1.82, 2.24) is 15.0 Å². The van der Waals surface area contributed by atoms with Gasteiger partial charge in [-0.15, -0.1) is 0 Å². The Morgan fingerprint density at radius 3 is 2.77 bits per heavy atom. The predicted octanol–water partition coefficient (Wildman–Crippen LogP) is 4.42. The first-order valence-corrected chi connectivity index (χ1v) is 9.29. The second kappa shape index (κ2) is 7.83. The van der Waals surface area contributed by atoms with E-state index in [-0.39, 0.29) is 16.3 Å². The van der Waals surface area contributed by atoms with Crippen LogP contribution in [-0.2, 0) is 0 Å². The molecule has 2 aromatic carbocycles. The fraction of sp³-hybridized carbons (Fsp3) is 0.0476. The molecule has 0 fully saturated rings. The third kappa shape index (κ3) is 3.67. The van der Waals surface area contributed by atoms with E-state index in [0.29, 0.717) is 22.2 Å². The number of benzene rings is 2. The predicted molar refractivity (Wildman–Crippen MR) is 114 cm³/mol. The number of pyridine rings is 1. The summed E-state index contributed by atoms with van der Waals surface area (Å²) in [6.07, 6.45) is 3.16. The van der Waals surface area contributed by atoms with Gasteiger partial charge in [0.2, 0.25) is 0 Å². The molecule has 0 radical (unpaired) electrons. The van der Waals surface area contributed by atoms with Gasteiger partial charge < -0.3 is 4.74 Å². The zero-order valence-electron chi connectivity index (χ0n) is 15.8. The molecule has 30 heavy (non-hydrogen) atoms. The molecular weight excluding hydrogens is 404 g/mol. The molecule has 0 saturated heterocycles. The summed E-state index contributed by atoms with van der Waals surface area (Å²) in [6.45, 7) is 0. The second-order valence-electron chi connectivity index (χ2n) is 6.55. The number of nitrogens with one attached hydrogen (secondary N) is 2. The van der Waals surface area contributed by atoms with E-state index in [4.69, 9.17) is 21.6 Å². The van der Waals surface area contributed by atoms with Crippen LogP contribution in [-0.4, -0.2) is 24.3 Å². The highest BCUT2D eigenvalue weighted by Crippen LogP contribution is 2.32. The lowest BCUT2D eigenvalue weighted by molar-refractivity contribution is 0.214. The van der Waals surface area contributed by atoms with Gasteiger partial charge in [-0.3, -0.25) is 5.43 Å². The highest BCUT2D eigenvalue weighted by molar-refractivity contribution is 6.33. The number of quaternary nitrogens is 1. The zero-order valence-corrected chi connectivity index (χ0v) is 16.6. The second-order valence-corrected chi connectivity index (χ2v) is 6.96. The number of para-hydroxylation sites is 1. The zero-order chi connectivity index (χ0) is 21.1. The molecule has 0 aliphatic carbocycles. The number of halogens is 1. The lowest BCUT2D eigenvalue weighted by atomic mass is 10.2. The number of anilines is 1. The van der Waals surface area contributed by atoms with Crippen LogP contribution in [0.25, 0.3) is 0 Å². The topological polar surface area (TPSA) is 99.4 Å². The summed E-state index contributed by atoms with van der Waals surface area (Å²) in [5.74, 6) is 0.943. The summed E-state index contributed by atoms with van der Waals surface area (Å²) >= 11 is 6.32. The Morgan fingerprint density at radius 1 is 1.17 bits per heavy atom. The molecule has 4 rings (SSSR count). The summed E-state index contributed by atoms with van der Waals surface area (Å²) in [7, 11) is 1.70. The largest absolute Gasteiger partial charge is 0.466 e. The number of aromatic nitrogens is 1. The van der Waals surface area contributed by atoms with Crippen molar-refractivity contribution in [2.24, 2.45) is 5.10 Å². The van der Waals surface area contributed by atoms with Crippen molar-refractivity contribution in [3.63, 3.8) is 0 Å². The average molecular weight is 420 g/mol. The van der Waals surface area contributed by atoms with Crippen LogP contribution in [0.5, 0.6) is 11.5 Å². The summed E-state index contributed by atoms with van der Waals surface area (Å²) in [5.41, 5.74) is 7.89. The summed E-state index contributed by atoms with van der Waals surface area (Å²) in [5, 5.41) is 13.6. The van der Waals surface area contributed by atoms with Gasteiger partial charge in [0.1, 0.15) is 30.3 Å². The quantitative estimate of drug-likeness (QED) is 0.481. The Bertz CT molecular complexity index is 1210. The van der Waals surface area contributed by atoms with Crippen LogP contribution in [0.4, 0.5) is 16.2 Å². The maximum atomic E-state index is 12.8. The maximum absolute atomic E-state index is 12.8. The number of hydrogen-bond donors (Lipinski definition) is 2. The van der Waals surface area contributed by atoms with E-state index >= 15 is 0 Å². The standard InChI is InChI=1S/C21H15ClN6O2/c1-28(20-5-3-2-4-14(20)13-25-28)21(29)27-26-19-7-6-16(11-18(19)22)30-17-8-9-24-15(10-17)12-23/h2-11,13,26H,1H3/p+1. The number of nitrogens with zero attached hydrogens (tertiary/aromatic N) is 4. The Kier molecular flexibility index (Phi) is 5.06. The first kappa shape index (κ1) is 19.4. The van der Waals surface area contributed by atoms with Crippen LogP contribution in [0.15, 0.2) is 65.9 Å². The van der Waals surface area contributed by atoms with Crippen molar-refractivity contribution in [1.29, 1.82) is 5.26 Å². The third-order valence-electron chi connectivity index (χ3n) is 4.56. The Labute approximate surface area is 177 Å². The molecule has 0 saturated carbocycles. The minimum Gasteiger partial charge on any atom is -0.457 e. The fourth-order valence-corrected chi connectivity index (χ4v) is 3.17. The van der Waals surface area contributed by atoms with Crippen LogP contribution < -0.4 is 20.2 Å². The lowest BCUT2D eigenvalue weighted by Crippen LogP contribution is -2.52. The highest BCUT2D eigenvalue weighted by Gasteiger charge is 2.40. The van der Waals surface area contributed by atoms with E-state index in [1.165, 1.54) is 12.3 Å². The number of rotatable bonds is 4. The number of carbonyl (C=O) groups is 1. The van der Waals surface area contributed by atoms with E-state index in [1.54, 1.807) is 37.5 Å². The van der Waals surface area contributed by atoms with E-state index in [0.717, 1.165) is 11.3 Å². The molecule has 2 heterocycles. The SMILES string of the molecule is C[N+]1(C(=O)NNc2ccc(Oc3ccnc(C#N)c3)cc2Cl)N=Cc2ccccc21. The molecule has 3 aromatic rings. The third-order valence-corrected chi connectivity index (χ3v) is 4.87. The number of fused-ring (bicyclic) bond motifs is 1. The normalized spacial score (nSPS) is 16.4. The first-order valence-electron chi connectivity index (χ1n) is 8.91. The van der Waals surface area contributed by atoms with Crippen molar-refractivity contribution in [2.45, 2.75) is 0 Å². The van der Waals surface area contributed by atoms with Gasteiger partial charge in [0.15, 0.2) is 5.69 Å². The Hall–Kier alpha value is -3.93. The molecule has 1 atom stereocenters. The maximum Gasteiger partial charge on any atom is 0.466 e. The number of hydrogen-bond acceptors (Lipinski definition) is 6. The number of carbonyl (C=O) groups excluding carboxylic acids is 1. The van der Waals surface area contributed by atoms with Crippen molar-refractivity contribution in [2.75, 3.05) is 12.5 Å². The van der Waals surface area contributed by atoms with Gasteiger partial charge in [0.05, 0.1) is 22.5 Å². The van der Waals surface area contributed by atoms with Crippen molar-refractivity contribution >= 4 is 35.2 Å². The van der Waals surface area contributed by atoms with Gasteiger partial charge in [-0.25, -0.2) is 15.2 Å². The van der Waals surface area contributed by atoms with Gasteiger partial charge in [-0.1, -0.05) is 33.4 Å². The van der Waals surface area contributed by atoms with E-state index < -0.39 is 0 Å². The molecule has 0 bridgehead atoms. The monoisotopic (exact) mass is 419 g/mol. The molecular formula is C21H16ClN6O2+. The van der Waals surface area contributed by atoms with Crippen molar-refractivity contribution in [3.05, 3.63) is 77.1 Å². The fourth-order valence-electron chi connectivity index (χ4n) is 2.96. The first-order chi connectivity index (χ1) is 14.5. The minimum atomic E-state index is -0.367. The highest BCUT2D eigenvalue weighted by atomic mass is 35.5. The van der Waals surface area contributed by atoms with Crippen LogP contribution in [0, 0.1) is 11.3 Å². The smallest absolute Gasteiger partial charge is 0.457 e. The Morgan fingerprint density at radius 2 is 1.97 bits per heavy atom. The van der Waals surface area contributed by atoms with E-state index in [2.05, 4.69) is 20.9 Å². The van der Waals surface area contributed by atoms with E-state index in [9.17, 15) is 4.79 Å². The molecule has 2 N–H and O–H groups in total. The number of urea groups is 1. The molecule has 9 heteroatoms. The number of ether oxygens (including phenoxy) is 1. The van der Waals surface area contributed by atoms with Crippen LogP contribution in [0.1, 0.15) is 11.3 Å².